The summed E-state index contributed by atoms with van der Waals surface area (Å²) >= 11 is 0. The van der Waals surface area contributed by atoms with Crippen LogP contribution in [0.1, 0.15) is 38.1 Å². The van der Waals surface area contributed by atoms with Gasteiger partial charge in [0.2, 0.25) is 0 Å². The quantitative estimate of drug-likeness (QED) is 0.820. The zero-order chi connectivity index (χ0) is 10.8. The number of aromatic nitrogens is 2. The Morgan fingerprint density at radius 3 is 2.87 bits per heavy atom. The topological polar surface area (TPSA) is 43.8 Å². The molecule has 0 aromatic carbocycles. The molecule has 1 atom stereocenters. The second kappa shape index (κ2) is 4.35. The zero-order valence-electron chi connectivity index (χ0n) is 9.74. The Morgan fingerprint density at radius 1 is 1.40 bits per heavy atom. The van der Waals surface area contributed by atoms with E-state index >= 15 is 0 Å². The lowest BCUT2D eigenvalue weighted by Gasteiger charge is -2.19. The monoisotopic (exact) mass is 207 g/mol. The molecule has 1 aromatic rings. The lowest BCUT2D eigenvalue weighted by atomic mass is 10.0. The highest BCUT2D eigenvalue weighted by atomic mass is 15.1. The number of nitrogens with two attached hydrogens (primary N) is 1. The van der Waals surface area contributed by atoms with E-state index in [9.17, 15) is 0 Å². The van der Waals surface area contributed by atoms with Crippen LogP contribution in [-0.4, -0.2) is 15.6 Å². The van der Waals surface area contributed by atoms with Gasteiger partial charge in [-0.3, -0.25) is 0 Å². The number of imidazole rings is 1. The number of fused-ring (bicyclic) bond motifs is 1. The SMILES string of the molecule is CC(C)C(N)Cn1cnc2c1CCCC2. The standard InChI is InChI=1S/C12H21N3/c1-9(2)10(13)7-15-8-14-11-5-3-4-6-12(11)15/h8-10H,3-7,13H2,1-2H3. The Balaban J connectivity index is 2.11. The van der Waals surface area contributed by atoms with E-state index in [1.165, 1.54) is 30.7 Å². The molecule has 0 radical (unpaired) electrons. The largest absolute Gasteiger partial charge is 0.333 e. The van der Waals surface area contributed by atoms with Crippen LogP contribution in [0.25, 0.3) is 0 Å². The maximum absolute atomic E-state index is 6.09. The summed E-state index contributed by atoms with van der Waals surface area (Å²) in [6, 6.07) is 0.241. The second-order valence-corrected chi connectivity index (χ2v) is 4.91. The van der Waals surface area contributed by atoms with Gasteiger partial charge in [0.05, 0.1) is 12.0 Å². The van der Waals surface area contributed by atoms with E-state index in [2.05, 4.69) is 23.4 Å². The molecular formula is C12H21N3. The van der Waals surface area contributed by atoms with Crippen molar-refractivity contribution in [3.8, 4) is 0 Å². The normalized spacial score (nSPS) is 17.9. The first-order valence-electron chi connectivity index (χ1n) is 5.97. The minimum Gasteiger partial charge on any atom is -0.333 e. The van der Waals surface area contributed by atoms with Crippen molar-refractivity contribution in [1.82, 2.24) is 9.55 Å². The van der Waals surface area contributed by atoms with Crippen LogP contribution in [0.3, 0.4) is 0 Å². The molecule has 0 spiro atoms. The Hall–Kier alpha value is -0.830. The van der Waals surface area contributed by atoms with E-state index in [0.717, 1.165) is 13.0 Å². The van der Waals surface area contributed by atoms with Crippen molar-refractivity contribution in [3.05, 3.63) is 17.7 Å². The van der Waals surface area contributed by atoms with E-state index in [1.54, 1.807) is 0 Å². The van der Waals surface area contributed by atoms with Crippen LogP contribution < -0.4 is 5.73 Å². The first-order chi connectivity index (χ1) is 7.18. The highest BCUT2D eigenvalue weighted by Gasteiger charge is 2.17. The van der Waals surface area contributed by atoms with Crippen molar-refractivity contribution < 1.29 is 0 Å². The molecule has 3 nitrogen and oxygen atoms in total. The predicted octanol–water partition coefficient (Wildman–Crippen LogP) is 1.75. The van der Waals surface area contributed by atoms with Gasteiger partial charge in [0.25, 0.3) is 0 Å². The van der Waals surface area contributed by atoms with Crippen LogP contribution in [0.15, 0.2) is 6.33 Å². The van der Waals surface area contributed by atoms with Gasteiger partial charge in [-0.1, -0.05) is 13.8 Å². The summed E-state index contributed by atoms with van der Waals surface area (Å²) in [4.78, 5) is 4.48. The molecule has 3 heteroatoms. The molecule has 0 amide bonds. The molecule has 0 fully saturated rings. The molecule has 1 aromatic heterocycles. The molecule has 1 heterocycles. The van der Waals surface area contributed by atoms with Gasteiger partial charge in [-0.05, 0) is 31.6 Å². The molecular weight excluding hydrogens is 186 g/mol. The van der Waals surface area contributed by atoms with Crippen LogP contribution in [-0.2, 0) is 19.4 Å². The highest BCUT2D eigenvalue weighted by Crippen LogP contribution is 2.20. The Morgan fingerprint density at radius 2 is 2.13 bits per heavy atom. The third-order valence-electron chi connectivity index (χ3n) is 3.37. The molecule has 0 saturated carbocycles. The van der Waals surface area contributed by atoms with Gasteiger partial charge in [0.1, 0.15) is 0 Å². The average molecular weight is 207 g/mol. The molecule has 0 saturated heterocycles. The number of hydrogen-bond acceptors (Lipinski definition) is 2. The molecule has 2 rings (SSSR count). The number of hydrogen-bond donors (Lipinski definition) is 1. The van der Waals surface area contributed by atoms with Crippen molar-refractivity contribution in [2.24, 2.45) is 11.7 Å². The predicted molar refractivity (Wildman–Crippen MR) is 61.7 cm³/mol. The fraction of sp³-hybridized carbons (Fsp3) is 0.750. The summed E-state index contributed by atoms with van der Waals surface area (Å²) in [5, 5.41) is 0. The minimum absolute atomic E-state index is 0.241. The smallest absolute Gasteiger partial charge is 0.0952 e. The molecule has 84 valence electrons. The lowest BCUT2D eigenvalue weighted by molar-refractivity contribution is 0.424. The van der Waals surface area contributed by atoms with E-state index in [4.69, 9.17) is 5.73 Å². The number of nitrogens with zero attached hydrogens (tertiary/aromatic N) is 2. The van der Waals surface area contributed by atoms with Gasteiger partial charge in [-0.2, -0.15) is 0 Å². The Labute approximate surface area is 91.7 Å². The van der Waals surface area contributed by atoms with Crippen LogP contribution >= 0.6 is 0 Å². The summed E-state index contributed by atoms with van der Waals surface area (Å²) < 4.78 is 2.26. The Kier molecular flexibility index (Phi) is 3.10. The summed E-state index contributed by atoms with van der Waals surface area (Å²) in [6.45, 7) is 5.27. The first kappa shape index (κ1) is 10.7. The summed E-state index contributed by atoms with van der Waals surface area (Å²) in [6.07, 6.45) is 6.90. The van der Waals surface area contributed by atoms with E-state index in [1.807, 2.05) is 6.33 Å². The first-order valence-corrected chi connectivity index (χ1v) is 5.97. The average Bonchev–Trinajstić information content (AvgIpc) is 2.62. The summed E-state index contributed by atoms with van der Waals surface area (Å²) in [5.74, 6) is 0.534. The van der Waals surface area contributed by atoms with Crippen molar-refractivity contribution in [1.29, 1.82) is 0 Å². The fourth-order valence-electron chi connectivity index (χ4n) is 2.13. The van der Waals surface area contributed by atoms with Crippen LogP contribution in [0, 0.1) is 5.92 Å². The fourth-order valence-corrected chi connectivity index (χ4v) is 2.13. The molecule has 2 N–H and O–H groups in total. The zero-order valence-corrected chi connectivity index (χ0v) is 9.74. The van der Waals surface area contributed by atoms with Crippen LogP contribution in [0.2, 0.25) is 0 Å². The third kappa shape index (κ3) is 2.23. The molecule has 0 bridgehead atoms. The summed E-state index contributed by atoms with van der Waals surface area (Å²) in [7, 11) is 0. The maximum Gasteiger partial charge on any atom is 0.0952 e. The van der Waals surface area contributed by atoms with Crippen LogP contribution in [0.4, 0.5) is 0 Å². The van der Waals surface area contributed by atoms with E-state index in [-0.39, 0.29) is 6.04 Å². The second-order valence-electron chi connectivity index (χ2n) is 4.91. The molecule has 1 aliphatic rings. The van der Waals surface area contributed by atoms with Gasteiger partial charge < -0.3 is 10.3 Å². The van der Waals surface area contributed by atoms with Gasteiger partial charge >= 0.3 is 0 Å². The lowest BCUT2D eigenvalue weighted by Crippen LogP contribution is -2.32. The van der Waals surface area contributed by atoms with Crippen molar-refractivity contribution >= 4 is 0 Å². The van der Waals surface area contributed by atoms with Crippen LogP contribution in [0.5, 0.6) is 0 Å². The van der Waals surface area contributed by atoms with Gasteiger partial charge in [0.15, 0.2) is 0 Å². The third-order valence-corrected chi connectivity index (χ3v) is 3.37. The number of aryl methyl sites for hydroxylation is 1. The van der Waals surface area contributed by atoms with E-state index in [0.29, 0.717) is 5.92 Å². The van der Waals surface area contributed by atoms with Gasteiger partial charge in [-0.25, -0.2) is 4.98 Å². The molecule has 1 unspecified atom stereocenters. The molecule has 15 heavy (non-hydrogen) atoms. The van der Waals surface area contributed by atoms with Gasteiger partial charge in [-0.15, -0.1) is 0 Å². The molecule has 1 aliphatic carbocycles. The van der Waals surface area contributed by atoms with Gasteiger partial charge in [0, 0.05) is 18.3 Å². The van der Waals surface area contributed by atoms with Crippen molar-refractivity contribution in [2.45, 2.75) is 52.1 Å². The maximum atomic E-state index is 6.09. The summed E-state index contributed by atoms with van der Waals surface area (Å²) in [5.41, 5.74) is 8.82. The number of rotatable bonds is 3. The van der Waals surface area contributed by atoms with E-state index < -0.39 is 0 Å². The Bertz CT molecular complexity index is 328. The minimum atomic E-state index is 0.241. The van der Waals surface area contributed by atoms with Crippen molar-refractivity contribution in [2.75, 3.05) is 0 Å². The molecule has 0 aliphatic heterocycles. The van der Waals surface area contributed by atoms with Crippen molar-refractivity contribution in [3.63, 3.8) is 0 Å². The highest BCUT2D eigenvalue weighted by molar-refractivity contribution is 5.16.